The molecule has 2 N–H and O–H groups in total. The summed E-state index contributed by atoms with van der Waals surface area (Å²) in [5, 5.41) is 14.2. The molecule has 1 fully saturated rings. The van der Waals surface area contributed by atoms with E-state index in [4.69, 9.17) is 32.7 Å². The number of alkyl carbamates (subject to hydrolysis) is 1. The molecular weight excluding hydrogens is 661 g/mol. The van der Waals surface area contributed by atoms with Gasteiger partial charge < -0.3 is 43.2 Å². The molecule has 12 heteroatoms. The molecule has 1 saturated heterocycles. The molecule has 0 aromatic heterocycles. The molecule has 5 rings (SSSR count). The van der Waals surface area contributed by atoms with Gasteiger partial charge in [-0.25, -0.2) is 4.79 Å². The zero-order chi connectivity index (χ0) is 35.0. The first kappa shape index (κ1) is 37.4. The molecule has 0 aliphatic carbocycles. The van der Waals surface area contributed by atoms with Crippen molar-refractivity contribution < 1.29 is 47.2 Å². The molecule has 0 saturated carbocycles. The van der Waals surface area contributed by atoms with Gasteiger partial charge in [0, 0.05) is 13.7 Å². The van der Waals surface area contributed by atoms with E-state index in [1.165, 1.54) is 7.11 Å². The lowest BCUT2D eigenvalue weighted by Gasteiger charge is -2.43. The minimum absolute atomic E-state index is 0.00353. The number of aliphatic hydroxyl groups excluding tert-OH is 1. The van der Waals surface area contributed by atoms with E-state index in [1.54, 1.807) is 0 Å². The van der Waals surface area contributed by atoms with Gasteiger partial charge in [0.1, 0.15) is 31.0 Å². The van der Waals surface area contributed by atoms with E-state index in [0.29, 0.717) is 0 Å². The normalized spacial score (nSPS) is 21.6. The number of aliphatic hydroxyl groups is 1. The van der Waals surface area contributed by atoms with Crippen LogP contribution >= 0.6 is 7.60 Å². The molecule has 1 amide bonds. The Morgan fingerprint density at radius 3 is 1.70 bits per heavy atom. The Morgan fingerprint density at radius 1 is 0.700 bits per heavy atom. The summed E-state index contributed by atoms with van der Waals surface area (Å²) in [4.78, 5) is 12.4. The van der Waals surface area contributed by atoms with Crippen molar-refractivity contribution in [2.24, 2.45) is 0 Å². The topological polar surface area (TPSA) is 131 Å². The molecule has 266 valence electrons. The van der Waals surface area contributed by atoms with E-state index in [1.807, 2.05) is 121 Å². The van der Waals surface area contributed by atoms with Crippen LogP contribution in [0.4, 0.5) is 4.79 Å². The molecule has 50 heavy (non-hydrogen) atoms. The van der Waals surface area contributed by atoms with Crippen molar-refractivity contribution in [3.8, 4) is 0 Å². The Hall–Kier alpha value is -3.90. The third kappa shape index (κ3) is 11.6. The third-order valence-corrected chi connectivity index (χ3v) is 9.83. The molecule has 0 radical (unpaired) electrons. The van der Waals surface area contributed by atoms with E-state index in [2.05, 4.69) is 5.32 Å². The molecule has 0 spiro atoms. The van der Waals surface area contributed by atoms with Crippen LogP contribution in [-0.4, -0.2) is 68.3 Å². The monoisotopic (exact) mass is 705 g/mol. The Bertz CT molecular complexity index is 1600. The van der Waals surface area contributed by atoms with Gasteiger partial charge in [-0.15, -0.1) is 0 Å². The van der Waals surface area contributed by atoms with E-state index >= 15 is 0 Å². The number of hydrogen-bond acceptors (Lipinski definition) is 10. The molecule has 1 unspecified atom stereocenters. The standard InChI is InChI=1S/C38H44NO10P/c1-43-37-36(45-25-30-16-8-3-9-17-30)35(44-24-29-14-6-2-7-15-29)34(40)33(49-37)28-48-50(42,47-27-32-20-12-5-13-21-32)23-22-39-38(41)46-26-31-18-10-4-11-19-31/h2-21,33-37,40H,22-28H2,1H3,(H,39,41)/t33-,34-,35+,36-,37+,50?/m1/s1. The van der Waals surface area contributed by atoms with Crippen LogP contribution in [-0.2, 0) is 63.7 Å². The lowest BCUT2D eigenvalue weighted by Crippen LogP contribution is -2.60. The van der Waals surface area contributed by atoms with E-state index in [0.717, 1.165) is 22.3 Å². The largest absolute Gasteiger partial charge is 0.445 e. The number of rotatable bonds is 18. The second-order valence-electron chi connectivity index (χ2n) is 11.7. The van der Waals surface area contributed by atoms with E-state index in [-0.39, 0.29) is 45.7 Å². The van der Waals surface area contributed by atoms with Gasteiger partial charge in [-0.05, 0) is 22.3 Å². The highest BCUT2D eigenvalue weighted by Crippen LogP contribution is 2.49. The summed E-state index contributed by atoms with van der Waals surface area (Å²) in [7, 11) is -2.39. The predicted molar refractivity (Wildman–Crippen MR) is 186 cm³/mol. The number of hydrogen-bond donors (Lipinski definition) is 2. The van der Waals surface area contributed by atoms with Gasteiger partial charge in [0.2, 0.25) is 0 Å². The first-order chi connectivity index (χ1) is 24.4. The SMILES string of the molecule is CO[C@H]1O[C@H](COP(=O)(CCNC(=O)OCc2ccccc2)OCc2ccccc2)[C@@H](O)[C@H](OCc2ccccc2)[C@H]1OCc1ccccc1. The van der Waals surface area contributed by atoms with Crippen LogP contribution in [0.2, 0.25) is 0 Å². The summed E-state index contributed by atoms with van der Waals surface area (Å²) >= 11 is 0. The lowest BCUT2D eigenvalue weighted by atomic mass is 9.98. The average molecular weight is 706 g/mol. The van der Waals surface area contributed by atoms with E-state index < -0.39 is 44.4 Å². The maximum atomic E-state index is 14.1. The number of carbonyl (C=O) groups is 1. The highest BCUT2D eigenvalue weighted by Gasteiger charge is 2.48. The first-order valence-corrected chi connectivity index (χ1v) is 18.2. The predicted octanol–water partition coefficient (Wildman–Crippen LogP) is 6.24. The van der Waals surface area contributed by atoms with Crippen molar-refractivity contribution in [1.29, 1.82) is 0 Å². The molecular formula is C38H44NO10P. The molecule has 4 aromatic rings. The van der Waals surface area contributed by atoms with Crippen LogP contribution in [0.5, 0.6) is 0 Å². The van der Waals surface area contributed by atoms with Crippen LogP contribution in [0, 0.1) is 0 Å². The molecule has 6 atom stereocenters. The molecule has 1 aliphatic heterocycles. The van der Waals surface area contributed by atoms with Gasteiger partial charge in [-0.3, -0.25) is 4.57 Å². The Morgan fingerprint density at radius 2 is 1.18 bits per heavy atom. The Labute approximate surface area is 292 Å². The second kappa shape index (κ2) is 19.5. The lowest BCUT2D eigenvalue weighted by molar-refractivity contribution is -0.313. The van der Waals surface area contributed by atoms with Gasteiger partial charge in [0.15, 0.2) is 6.29 Å². The summed E-state index contributed by atoms with van der Waals surface area (Å²) in [6.45, 7) is 0.157. The zero-order valence-electron chi connectivity index (χ0n) is 28.0. The second-order valence-corrected chi connectivity index (χ2v) is 13.9. The van der Waals surface area contributed by atoms with Crippen molar-refractivity contribution >= 4 is 13.7 Å². The fourth-order valence-electron chi connectivity index (χ4n) is 5.29. The Balaban J connectivity index is 1.25. The average Bonchev–Trinajstić information content (AvgIpc) is 3.16. The van der Waals surface area contributed by atoms with Gasteiger partial charge in [-0.2, -0.15) is 0 Å². The van der Waals surface area contributed by atoms with Crippen molar-refractivity contribution in [1.82, 2.24) is 5.32 Å². The van der Waals surface area contributed by atoms with Crippen LogP contribution in [0.25, 0.3) is 0 Å². The minimum Gasteiger partial charge on any atom is -0.445 e. The smallest absolute Gasteiger partial charge is 0.407 e. The maximum Gasteiger partial charge on any atom is 0.407 e. The summed E-state index contributed by atoms with van der Waals surface area (Å²) < 4.78 is 55.5. The zero-order valence-corrected chi connectivity index (χ0v) is 28.8. The van der Waals surface area contributed by atoms with Gasteiger partial charge in [-0.1, -0.05) is 121 Å². The molecule has 1 heterocycles. The van der Waals surface area contributed by atoms with Crippen molar-refractivity contribution in [2.75, 3.05) is 26.4 Å². The van der Waals surface area contributed by atoms with Crippen molar-refractivity contribution in [3.05, 3.63) is 144 Å². The maximum absolute atomic E-state index is 14.1. The number of carbonyl (C=O) groups excluding carboxylic acids is 1. The summed E-state index contributed by atoms with van der Waals surface area (Å²) in [5.74, 6) is 0. The first-order valence-electron chi connectivity index (χ1n) is 16.5. The fourth-order valence-corrected chi connectivity index (χ4v) is 6.73. The van der Waals surface area contributed by atoms with Gasteiger partial charge in [0.05, 0.1) is 32.6 Å². The summed E-state index contributed by atoms with van der Waals surface area (Å²) in [6.07, 6.45) is -5.73. The third-order valence-electron chi connectivity index (χ3n) is 8.00. The number of amides is 1. The van der Waals surface area contributed by atoms with Crippen LogP contribution < -0.4 is 5.32 Å². The van der Waals surface area contributed by atoms with Crippen LogP contribution in [0.1, 0.15) is 22.3 Å². The van der Waals surface area contributed by atoms with Crippen molar-refractivity contribution in [2.45, 2.75) is 57.1 Å². The Kier molecular flexibility index (Phi) is 14.6. The quantitative estimate of drug-likeness (QED) is 0.115. The summed E-state index contributed by atoms with van der Waals surface area (Å²) in [6, 6.07) is 37.7. The van der Waals surface area contributed by atoms with Crippen LogP contribution in [0.3, 0.4) is 0 Å². The van der Waals surface area contributed by atoms with Gasteiger partial charge in [0.25, 0.3) is 0 Å². The summed E-state index contributed by atoms with van der Waals surface area (Å²) in [5.41, 5.74) is 3.45. The highest BCUT2D eigenvalue weighted by molar-refractivity contribution is 7.53. The number of ether oxygens (including phenoxy) is 5. The molecule has 4 aromatic carbocycles. The molecule has 1 aliphatic rings. The number of methoxy groups -OCH3 is 1. The van der Waals surface area contributed by atoms with Crippen LogP contribution in [0.15, 0.2) is 121 Å². The van der Waals surface area contributed by atoms with Gasteiger partial charge >= 0.3 is 13.7 Å². The van der Waals surface area contributed by atoms with E-state index in [9.17, 15) is 14.5 Å². The molecule has 0 bridgehead atoms. The number of nitrogens with one attached hydrogen (secondary N) is 1. The molecule has 11 nitrogen and oxygen atoms in total. The fraction of sp³-hybridized carbons (Fsp3) is 0.342. The van der Waals surface area contributed by atoms with Crippen molar-refractivity contribution in [3.63, 3.8) is 0 Å². The minimum atomic E-state index is -3.86. The number of benzene rings is 4. The highest BCUT2D eigenvalue weighted by atomic mass is 31.2.